The van der Waals surface area contributed by atoms with Gasteiger partial charge in [0.05, 0.1) is 15.8 Å². The molecular weight excluding hydrogens is 275 g/mol. The number of aliphatic hydroxyl groups excluding tert-OH is 1. The SMILES string of the molecule is CC(CCO)CNc1cc(Br)c(F)cc1N. The molecule has 0 saturated heterocycles. The van der Waals surface area contributed by atoms with Crippen LogP contribution in [-0.4, -0.2) is 18.3 Å². The number of hydrogen-bond donors (Lipinski definition) is 3. The van der Waals surface area contributed by atoms with Crippen LogP contribution >= 0.6 is 15.9 Å². The third kappa shape index (κ3) is 3.64. The zero-order valence-corrected chi connectivity index (χ0v) is 10.7. The van der Waals surface area contributed by atoms with Gasteiger partial charge in [0.1, 0.15) is 5.82 Å². The number of nitrogens with two attached hydrogens (primary N) is 1. The van der Waals surface area contributed by atoms with Crippen molar-refractivity contribution in [1.29, 1.82) is 0 Å². The second-order valence-corrected chi connectivity index (χ2v) is 4.71. The van der Waals surface area contributed by atoms with Gasteiger partial charge >= 0.3 is 0 Å². The first-order valence-corrected chi connectivity index (χ1v) is 5.93. The largest absolute Gasteiger partial charge is 0.397 e. The summed E-state index contributed by atoms with van der Waals surface area (Å²) in [4.78, 5) is 0. The van der Waals surface area contributed by atoms with Crippen LogP contribution in [-0.2, 0) is 0 Å². The van der Waals surface area contributed by atoms with Gasteiger partial charge in [-0.3, -0.25) is 0 Å². The molecule has 0 amide bonds. The van der Waals surface area contributed by atoms with Gasteiger partial charge in [-0.1, -0.05) is 6.92 Å². The molecule has 5 heteroatoms. The number of benzene rings is 1. The Kier molecular flexibility index (Phi) is 5.02. The average molecular weight is 291 g/mol. The summed E-state index contributed by atoms with van der Waals surface area (Å²) in [6.07, 6.45) is 0.731. The van der Waals surface area contributed by atoms with Crippen molar-refractivity contribution < 1.29 is 9.50 Å². The van der Waals surface area contributed by atoms with Gasteiger partial charge in [0, 0.05) is 19.2 Å². The Bertz CT molecular complexity index is 360. The summed E-state index contributed by atoms with van der Waals surface area (Å²) in [5, 5.41) is 11.9. The minimum atomic E-state index is -0.369. The lowest BCUT2D eigenvalue weighted by molar-refractivity contribution is 0.266. The van der Waals surface area contributed by atoms with E-state index in [1.54, 1.807) is 6.07 Å². The number of halogens is 2. The third-order valence-electron chi connectivity index (χ3n) is 2.36. The maximum absolute atomic E-state index is 13.1. The molecule has 0 aliphatic carbocycles. The summed E-state index contributed by atoms with van der Waals surface area (Å²) < 4.78 is 13.5. The molecule has 90 valence electrons. The van der Waals surface area contributed by atoms with Gasteiger partial charge in [0.25, 0.3) is 0 Å². The summed E-state index contributed by atoms with van der Waals surface area (Å²) in [5.74, 6) is -0.0281. The Morgan fingerprint density at radius 1 is 1.56 bits per heavy atom. The fourth-order valence-corrected chi connectivity index (χ4v) is 1.67. The van der Waals surface area contributed by atoms with E-state index < -0.39 is 0 Å². The first-order chi connectivity index (χ1) is 7.54. The molecule has 1 aromatic rings. The van der Waals surface area contributed by atoms with Crippen LogP contribution < -0.4 is 11.1 Å². The molecule has 0 aliphatic heterocycles. The predicted octanol–water partition coefficient (Wildman–Crippen LogP) is 2.60. The highest BCUT2D eigenvalue weighted by Crippen LogP contribution is 2.26. The van der Waals surface area contributed by atoms with Crippen molar-refractivity contribution in [2.24, 2.45) is 5.92 Å². The number of rotatable bonds is 5. The number of anilines is 2. The number of nitrogen functional groups attached to an aromatic ring is 1. The van der Waals surface area contributed by atoms with Gasteiger partial charge < -0.3 is 16.2 Å². The zero-order chi connectivity index (χ0) is 12.1. The second-order valence-electron chi connectivity index (χ2n) is 3.85. The van der Waals surface area contributed by atoms with Gasteiger partial charge in [-0.2, -0.15) is 0 Å². The van der Waals surface area contributed by atoms with Crippen LogP contribution in [0.4, 0.5) is 15.8 Å². The lowest BCUT2D eigenvalue weighted by Gasteiger charge is -2.14. The Morgan fingerprint density at radius 2 is 2.25 bits per heavy atom. The zero-order valence-electron chi connectivity index (χ0n) is 9.13. The normalized spacial score (nSPS) is 12.5. The predicted molar refractivity (Wildman–Crippen MR) is 67.9 cm³/mol. The number of aliphatic hydroxyl groups is 1. The molecule has 1 unspecified atom stereocenters. The maximum atomic E-state index is 13.1. The Hall–Kier alpha value is -0.810. The third-order valence-corrected chi connectivity index (χ3v) is 2.96. The first kappa shape index (κ1) is 13.3. The smallest absolute Gasteiger partial charge is 0.139 e. The van der Waals surface area contributed by atoms with E-state index in [0.717, 1.165) is 6.42 Å². The van der Waals surface area contributed by atoms with E-state index in [1.165, 1.54) is 6.07 Å². The first-order valence-electron chi connectivity index (χ1n) is 5.13. The molecule has 16 heavy (non-hydrogen) atoms. The lowest BCUT2D eigenvalue weighted by Crippen LogP contribution is -2.13. The van der Waals surface area contributed by atoms with Crippen molar-refractivity contribution in [1.82, 2.24) is 0 Å². The highest BCUT2D eigenvalue weighted by Gasteiger charge is 2.07. The minimum Gasteiger partial charge on any atom is -0.397 e. The average Bonchev–Trinajstić information content (AvgIpc) is 2.22. The van der Waals surface area contributed by atoms with E-state index in [9.17, 15) is 4.39 Å². The van der Waals surface area contributed by atoms with Crippen molar-refractivity contribution in [3.05, 3.63) is 22.4 Å². The molecule has 1 aromatic carbocycles. The molecule has 0 radical (unpaired) electrons. The van der Waals surface area contributed by atoms with Crippen molar-refractivity contribution in [3.63, 3.8) is 0 Å². The fraction of sp³-hybridized carbons (Fsp3) is 0.455. The fourth-order valence-electron chi connectivity index (χ4n) is 1.32. The quantitative estimate of drug-likeness (QED) is 0.731. The molecule has 0 aromatic heterocycles. The van der Waals surface area contributed by atoms with E-state index in [1.807, 2.05) is 6.92 Å². The molecule has 3 nitrogen and oxygen atoms in total. The Balaban J connectivity index is 2.63. The molecular formula is C11H16BrFN2O. The van der Waals surface area contributed by atoms with Crippen molar-refractivity contribution >= 4 is 27.3 Å². The van der Waals surface area contributed by atoms with Gasteiger partial charge in [0.2, 0.25) is 0 Å². The van der Waals surface area contributed by atoms with Crippen LogP contribution in [0.2, 0.25) is 0 Å². The van der Waals surface area contributed by atoms with Crippen LogP contribution in [0.5, 0.6) is 0 Å². The monoisotopic (exact) mass is 290 g/mol. The van der Waals surface area contributed by atoms with Gasteiger partial charge in [-0.05, 0) is 34.3 Å². The van der Waals surface area contributed by atoms with E-state index in [-0.39, 0.29) is 12.4 Å². The molecule has 0 bridgehead atoms. The molecule has 1 atom stereocenters. The van der Waals surface area contributed by atoms with E-state index >= 15 is 0 Å². The summed E-state index contributed by atoms with van der Waals surface area (Å²) in [6, 6.07) is 2.90. The van der Waals surface area contributed by atoms with E-state index in [0.29, 0.717) is 28.3 Å². The standard InChI is InChI=1S/C11H16BrFN2O/c1-7(2-3-16)6-15-11-4-8(12)9(13)5-10(11)14/h4-5,7,15-16H,2-3,6,14H2,1H3. The number of nitrogens with one attached hydrogen (secondary N) is 1. The van der Waals surface area contributed by atoms with Crippen LogP contribution in [0.25, 0.3) is 0 Å². The Labute approximate surface area is 103 Å². The molecule has 0 aliphatic rings. The Morgan fingerprint density at radius 3 is 2.88 bits per heavy atom. The van der Waals surface area contributed by atoms with Gasteiger partial charge in [-0.25, -0.2) is 4.39 Å². The highest BCUT2D eigenvalue weighted by atomic mass is 79.9. The number of hydrogen-bond acceptors (Lipinski definition) is 3. The van der Waals surface area contributed by atoms with Crippen molar-refractivity contribution in [2.75, 3.05) is 24.2 Å². The van der Waals surface area contributed by atoms with Crippen molar-refractivity contribution in [2.45, 2.75) is 13.3 Å². The summed E-state index contributed by atoms with van der Waals surface area (Å²) >= 11 is 3.11. The van der Waals surface area contributed by atoms with E-state index in [4.69, 9.17) is 10.8 Å². The molecule has 0 fully saturated rings. The van der Waals surface area contributed by atoms with Crippen LogP contribution in [0.3, 0.4) is 0 Å². The lowest BCUT2D eigenvalue weighted by atomic mass is 10.1. The summed E-state index contributed by atoms with van der Waals surface area (Å²) in [6.45, 7) is 2.90. The van der Waals surface area contributed by atoms with Gasteiger partial charge in [0.15, 0.2) is 0 Å². The van der Waals surface area contributed by atoms with Crippen LogP contribution in [0.15, 0.2) is 16.6 Å². The van der Waals surface area contributed by atoms with Crippen LogP contribution in [0.1, 0.15) is 13.3 Å². The molecule has 0 saturated carbocycles. The summed E-state index contributed by atoms with van der Waals surface area (Å²) in [5.41, 5.74) is 6.77. The van der Waals surface area contributed by atoms with Gasteiger partial charge in [-0.15, -0.1) is 0 Å². The topological polar surface area (TPSA) is 58.3 Å². The minimum absolute atomic E-state index is 0.172. The van der Waals surface area contributed by atoms with Crippen molar-refractivity contribution in [3.8, 4) is 0 Å². The van der Waals surface area contributed by atoms with E-state index in [2.05, 4.69) is 21.2 Å². The molecule has 0 spiro atoms. The highest BCUT2D eigenvalue weighted by molar-refractivity contribution is 9.10. The molecule has 0 heterocycles. The van der Waals surface area contributed by atoms with Crippen LogP contribution in [0, 0.1) is 11.7 Å². The summed E-state index contributed by atoms with van der Waals surface area (Å²) in [7, 11) is 0. The second kappa shape index (κ2) is 6.06. The molecule has 1 rings (SSSR count). The molecule has 4 N–H and O–H groups in total. The maximum Gasteiger partial charge on any atom is 0.139 e.